The Balaban J connectivity index is 1.33. The Morgan fingerprint density at radius 1 is 0.921 bits per heavy atom. The Morgan fingerprint density at radius 2 is 1.61 bits per heavy atom. The number of aliphatic hydroxyl groups is 1. The molecule has 1 atom stereocenters. The second kappa shape index (κ2) is 13.1. The lowest BCUT2D eigenvalue weighted by Crippen LogP contribution is -2.47. The Hall–Kier alpha value is -4.63. The van der Waals surface area contributed by atoms with E-state index < -0.39 is 24.7 Å². The van der Waals surface area contributed by atoms with Crippen LogP contribution in [0.25, 0.3) is 11.5 Å². The molecule has 0 saturated heterocycles. The van der Waals surface area contributed by atoms with E-state index in [2.05, 4.69) is 4.98 Å². The summed E-state index contributed by atoms with van der Waals surface area (Å²) in [6, 6.07) is 24.2. The zero-order chi connectivity index (χ0) is 26.7. The Bertz CT molecular complexity index is 1310. The number of ether oxygens (including phenoxy) is 2. The molecule has 0 aliphatic heterocycles. The van der Waals surface area contributed by atoms with E-state index in [1.54, 1.807) is 42.7 Å². The van der Waals surface area contributed by atoms with Crippen molar-refractivity contribution in [3.05, 3.63) is 108 Å². The highest BCUT2D eigenvalue weighted by Crippen LogP contribution is 2.19. The molecule has 4 aromatic rings. The van der Waals surface area contributed by atoms with Crippen LogP contribution in [-0.2, 0) is 29.1 Å². The number of aromatic nitrogens is 1. The van der Waals surface area contributed by atoms with Crippen LogP contribution in [0.3, 0.4) is 0 Å². The number of carbonyl (C=O) groups excluding carboxylic acids is 1. The number of aliphatic hydroxyl groups excluding tert-OH is 1. The second-order valence-corrected chi connectivity index (χ2v) is 8.46. The van der Waals surface area contributed by atoms with Crippen molar-refractivity contribution in [3.63, 3.8) is 0 Å². The Kier molecular flexibility index (Phi) is 9.09. The van der Waals surface area contributed by atoms with Crippen molar-refractivity contribution in [2.45, 2.75) is 25.6 Å². The van der Waals surface area contributed by atoms with Crippen molar-refractivity contribution >= 4 is 12.1 Å². The molecule has 0 fully saturated rings. The second-order valence-electron chi connectivity index (χ2n) is 8.46. The van der Waals surface area contributed by atoms with Crippen LogP contribution in [0.5, 0.6) is 5.75 Å². The number of hydrogen-bond donors (Lipinski definition) is 2. The van der Waals surface area contributed by atoms with E-state index in [1.165, 1.54) is 0 Å². The number of carboxylic acid groups (broad SMARTS) is 1. The van der Waals surface area contributed by atoms with Gasteiger partial charge in [0.15, 0.2) is 6.04 Å². The van der Waals surface area contributed by atoms with E-state index in [4.69, 9.17) is 13.9 Å². The molecule has 0 radical (unpaired) electrons. The summed E-state index contributed by atoms with van der Waals surface area (Å²) in [5, 5.41) is 19.1. The first-order valence-corrected chi connectivity index (χ1v) is 12.1. The van der Waals surface area contributed by atoms with Crippen LogP contribution in [0, 0.1) is 0 Å². The highest BCUT2D eigenvalue weighted by Gasteiger charge is 2.30. The molecule has 9 nitrogen and oxygen atoms in total. The lowest BCUT2D eigenvalue weighted by molar-refractivity contribution is -0.144. The van der Waals surface area contributed by atoms with Gasteiger partial charge in [-0.1, -0.05) is 60.7 Å². The first-order valence-electron chi connectivity index (χ1n) is 12.1. The third-order valence-electron chi connectivity index (χ3n) is 5.75. The highest BCUT2D eigenvalue weighted by molar-refractivity contribution is 5.80. The molecule has 1 heterocycles. The number of aliphatic carboxylic acids is 1. The number of amides is 1. The fraction of sp³-hybridized carbons (Fsp3) is 0.207. The van der Waals surface area contributed by atoms with Gasteiger partial charge in [-0.25, -0.2) is 14.6 Å². The van der Waals surface area contributed by atoms with Gasteiger partial charge in [0.05, 0.1) is 25.5 Å². The van der Waals surface area contributed by atoms with Gasteiger partial charge in [-0.3, -0.25) is 4.90 Å². The summed E-state index contributed by atoms with van der Waals surface area (Å²) in [5.41, 5.74) is 3.09. The SMILES string of the molecule is O=C(O)[C@H](CO)N(Cc1ccc(OCCc2coc(-c3ccccc3)n2)cc1)C(=O)OCc1ccccc1. The molecular weight excluding hydrogens is 488 g/mol. The van der Waals surface area contributed by atoms with E-state index in [9.17, 15) is 19.8 Å². The lowest BCUT2D eigenvalue weighted by atomic mass is 10.1. The quantitative estimate of drug-likeness (QED) is 0.281. The van der Waals surface area contributed by atoms with E-state index in [0.29, 0.717) is 30.2 Å². The third-order valence-corrected chi connectivity index (χ3v) is 5.75. The topological polar surface area (TPSA) is 122 Å². The zero-order valence-corrected chi connectivity index (χ0v) is 20.6. The summed E-state index contributed by atoms with van der Waals surface area (Å²) < 4.78 is 16.7. The van der Waals surface area contributed by atoms with Crippen LogP contribution in [0.2, 0.25) is 0 Å². The molecule has 0 aliphatic carbocycles. The molecular formula is C29H28N2O7. The van der Waals surface area contributed by atoms with E-state index in [-0.39, 0.29) is 13.2 Å². The number of rotatable bonds is 12. The molecule has 0 bridgehead atoms. The van der Waals surface area contributed by atoms with Gasteiger partial charge in [0, 0.05) is 12.0 Å². The zero-order valence-electron chi connectivity index (χ0n) is 20.6. The Labute approximate surface area is 219 Å². The summed E-state index contributed by atoms with van der Waals surface area (Å²) in [6.45, 7) is -0.444. The minimum atomic E-state index is -1.45. The minimum absolute atomic E-state index is 0.0148. The van der Waals surface area contributed by atoms with Crippen LogP contribution in [0.1, 0.15) is 16.8 Å². The number of oxazole rings is 1. The molecule has 3 aromatic carbocycles. The lowest BCUT2D eigenvalue weighted by Gasteiger charge is -2.27. The molecule has 196 valence electrons. The van der Waals surface area contributed by atoms with Gasteiger partial charge in [-0.15, -0.1) is 0 Å². The summed E-state index contributed by atoms with van der Waals surface area (Å²) in [6.07, 6.45) is 1.33. The highest BCUT2D eigenvalue weighted by atomic mass is 16.6. The first-order chi connectivity index (χ1) is 18.5. The average Bonchev–Trinajstić information content (AvgIpc) is 3.42. The van der Waals surface area contributed by atoms with Crippen molar-refractivity contribution in [1.82, 2.24) is 9.88 Å². The number of benzene rings is 3. The van der Waals surface area contributed by atoms with E-state index in [1.807, 2.05) is 48.5 Å². The van der Waals surface area contributed by atoms with Crippen molar-refractivity contribution in [1.29, 1.82) is 0 Å². The van der Waals surface area contributed by atoms with Gasteiger partial charge in [-0.2, -0.15) is 0 Å². The maximum atomic E-state index is 12.8. The van der Waals surface area contributed by atoms with Crippen LogP contribution in [-0.4, -0.2) is 51.4 Å². The third kappa shape index (κ3) is 7.21. The van der Waals surface area contributed by atoms with Crippen LogP contribution < -0.4 is 4.74 Å². The molecule has 0 spiro atoms. The number of carbonyl (C=O) groups is 2. The molecule has 1 amide bonds. The standard InChI is InChI=1S/C29H28N2O7/c32-18-26(28(33)34)31(29(35)38-19-22-7-3-1-4-8-22)17-21-11-13-25(14-12-21)36-16-15-24-20-37-27(30-24)23-9-5-2-6-10-23/h1-14,20,26,32H,15-19H2,(H,33,34)/t26-/m0/s1. The van der Waals surface area contributed by atoms with Crippen LogP contribution in [0.4, 0.5) is 4.79 Å². The molecule has 9 heteroatoms. The van der Waals surface area contributed by atoms with Gasteiger partial charge in [-0.05, 0) is 35.4 Å². The van der Waals surface area contributed by atoms with Gasteiger partial charge < -0.3 is 24.1 Å². The predicted octanol–water partition coefficient (Wildman–Crippen LogP) is 4.55. The van der Waals surface area contributed by atoms with Crippen molar-refractivity contribution in [2.75, 3.05) is 13.2 Å². The fourth-order valence-corrected chi connectivity index (χ4v) is 3.71. The molecule has 1 aromatic heterocycles. The predicted molar refractivity (Wildman–Crippen MR) is 138 cm³/mol. The molecule has 2 N–H and O–H groups in total. The summed E-state index contributed by atoms with van der Waals surface area (Å²) in [5.74, 6) is -0.164. The van der Waals surface area contributed by atoms with Crippen molar-refractivity contribution in [2.24, 2.45) is 0 Å². The van der Waals surface area contributed by atoms with Crippen LogP contribution >= 0.6 is 0 Å². The maximum Gasteiger partial charge on any atom is 0.411 e. The van der Waals surface area contributed by atoms with Crippen LogP contribution in [0.15, 0.2) is 95.6 Å². The smallest absolute Gasteiger partial charge is 0.411 e. The van der Waals surface area contributed by atoms with Gasteiger partial charge >= 0.3 is 12.1 Å². The van der Waals surface area contributed by atoms with Gasteiger partial charge in [0.1, 0.15) is 18.6 Å². The summed E-state index contributed by atoms with van der Waals surface area (Å²) in [4.78, 5) is 29.9. The number of hydrogen-bond acceptors (Lipinski definition) is 7. The maximum absolute atomic E-state index is 12.8. The number of carboxylic acids is 1. The average molecular weight is 517 g/mol. The number of nitrogens with zero attached hydrogens (tertiary/aromatic N) is 2. The molecule has 38 heavy (non-hydrogen) atoms. The fourth-order valence-electron chi connectivity index (χ4n) is 3.71. The molecule has 0 unspecified atom stereocenters. The first kappa shape index (κ1) is 26.4. The van der Waals surface area contributed by atoms with Crippen molar-refractivity contribution in [3.8, 4) is 17.2 Å². The van der Waals surface area contributed by atoms with E-state index >= 15 is 0 Å². The van der Waals surface area contributed by atoms with E-state index in [0.717, 1.165) is 21.7 Å². The summed E-state index contributed by atoms with van der Waals surface area (Å²) in [7, 11) is 0. The monoisotopic (exact) mass is 516 g/mol. The summed E-state index contributed by atoms with van der Waals surface area (Å²) >= 11 is 0. The van der Waals surface area contributed by atoms with Gasteiger partial charge in [0.2, 0.25) is 5.89 Å². The van der Waals surface area contributed by atoms with Gasteiger partial charge in [0.25, 0.3) is 0 Å². The normalized spacial score (nSPS) is 11.5. The Morgan fingerprint density at radius 3 is 2.26 bits per heavy atom. The molecule has 4 rings (SSSR count). The largest absolute Gasteiger partial charge is 0.493 e. The minimum Gasteiger partial charge on any atom is -0.493 e. The molecule has 0 aliphatic rings. The molecule has 0 saturated carbocycles. The van der Waals surface area contributed by atoms with Crippen molar-refractivity contribution < 1.29 is 33.7 Å².